The number of anilines is 6. The van der Waals surface area contributed by atoms with E-state index in [9.17, 15) is 0 Å². The SMILES string of the molecule is CC(C)(C)c1ccc(-c2ccccc2)c(N(c2ccccc2)c2ccc3c4cc5c(cc4n4c6ccccc6c2c34)c2ccc(N(c3ccccc3)c3cc(C(C)(C)C)ccc3-c3ccccc3)c3c4ccccc4n5c23)c1. The number of hydrogen-bond donors (Lipinski definition) is 0. The summed E-state index contributed by atoms with van der Waals surface area (Å²) in [6, 6.07) is 90.5. The van der Waals surface area contributed by atoms with Gasteiger partial charge in [0.25, 0.3) is 0 Å². The van der Waals surface area contributed by atoms with E-state index >= 15 is 0 Å². The first-order chi connectivity index (χ1) is 38.0. The van der Waals surface area contributed by atoms with E-state index < -0.39 is 0 Å². The summed E-state index contributed by atoms with van der Waals surface area (Å²) in [5, 5.41) is 9.94. The van der Waals surface area contributed by atoms with Crippen LogP contribution in [0.1, 0.15) is 52.7 Å². The van der Waals surface area contributed by atoms with Gasteiger partial charge in [0.1, 0.15) is 0 Å². The molecule has 4 aromatic heterocycles. The largest absolute Gasteiger partial charge is 0.309 e. The van der Waals surface area contributed by atoms with E-state index in [2.05, 4.69) is 303 Å². The molecule has 0 saturated carbocycles. The molecule has 78 heavy (non-hydrogen) atoms. The third-order valence-electron chi connectivity index (χ3n) is 16.7. The molecule has 0 N–H and O–H groups in total. The molecule has 0 unspecified atom stereocenters. The molecule has 374 valence electrons. The number of hydrogen-bond acceptors (Lipinski definition) is 2. The van der Waals surface area contributed by atoms with Gasteiger partial charge in [0.05, 0.1) is 55.8 Å². The fraction of sp³-hybridized carbons (Fsp3) is 0.108. The van der Waals surface area contributed by atoms with Gasteiger partial charge in [-0.05, 0) is 106 Å². The lowest BCUT2D eigenvalue weighted by molar-refractivity contribution is 0.590. The minimum Gasteiger partial charge on any atom is -0.309 e. The van der Waals surface area contributed by atoms with E-state index in [1.54, 1.807) is 0 Å². The molecular formula is C74H58N4. The predicted octanol–water partition coefficient (Wildman–Crippen LogP) is 20.9. The average Bonchev–Trinajstić information content (AvgIpc) is 4.16. The van der Waals surface area contributed by atoms with Crippen molar-refractivity contribution in [2.75, 3.05) is 9.80 Å². The van der Waals surface area contributed by atoms with Crippen molar-refractivity contribution in [2.45, 2.75) is 52.4 Å². The highest BCUT2D eigenvalue weighted by molar-refractivity contribution is 6.32. The summed E-state index contributed by atoms with van der Waals surface area (Å²) in [7, 11) is 0. The van der Waals surface area contributed by atoms with Crippen molar-refractivity contribution in [2.24, 2.45) is 0 Å². The second-order valence-electron chi connectivity index (χ2n) is 23.3. The minimum absolute atomic E-state index is 0.0610. The van der Waals surface area contributed by atoms with Crippen LogP contribution in [0.5, 0.6) is 0 Å². The van der Waals surface area contributed by atoms with Crippen LogP contribution in [0.2, 0.25) is 0 Å². The molecule has 0 aliphatic carbocycles. The summed E-state index contributed by atoms with van der Waals surface area (Å²) in [5.41, 5.74) is 21.4. The van der Waals surface area contributed by atoms with Crippen LogP contribution < -0.4 is 9.80 Å². The number of aromatic nitrogens is 2. The Hall–Kier alpha value is -9.38. The van der Waals surface area contributed by atoms with Crippen molar-refractivity contribution in [3.8, 4) is 22.3 Å². The highest BCUT2D eigenvalue weighted by Crippen LogP contribution is 2.53. The van der Waals surface area contributed by atoms with Crippen LogP contribution >= 0.6 is 0 Å². The van der Waals surface area contributed by atoms with E-state index in [1.807, 2.05) is 0 Å². The molecule has 0 amide bonds. The molecule has 0 aliphatic rings. The quantitative estimate of drug-likeness (QED) is 0.151. The summed E-state index contributed by atoms with van der Waals surface area (Å²) < 4.78 is 5.13. The van der Waals surface area contributed by atoms with Crippen LogP contribution in [0, 0.1) is 0 Å². The molecule has 0 radical (unpaired) electrons. The van der Waals surface area contributed by atoms with Crippen molar-refractivity contribution in [1.82, 2.24) is 8.80 Å². The Bertz CT molecular complexity index is 4480. The van der Waals surface area contributed by atoms with E-state index in [1.165, 1.54) is 110 Å². The summed E-state index contributed by atoms with van der Waals surface area (Å²) in [4.78, 5) is 5.04. The van der Waals surface area contributed by atoms with Crippen LogP contribution in [-0.2, 0) is 10.8 Å². The Kier molecular flexibility index (Phi) is 10.1. The fourth-order valence-electron chi connectivity index (χ4n) is 12.9. The smallest absolute Gasteiger partial charge is 0.0641 e. The van der Waals surface area contributed by atoms with Crippen molar-refractivity contribution >= 4 is 110 Å². The monoisotopic (exact) mass is 1000 g/mol. The van der Waals surface area contributed by atoms with Crippen molar-refractivity contribution < 1.29 is 0 Å². The van der Waals surface area contributed by atoms with E-state index in [-0.39, 0.29) is 10.8 Å². The molecular weight excluding hydrogens is 945 g/mol. The van der Waals surface area contributed by atoms with E-state index in [4.69, 9.17) is 0 Å². The van der Waals surface area contributed by atoms with Crippen LogP contribution in [0.25, 0.3) is 98.4 Å². The zero-order chi connectivity index (χ0) is 52.6. The van der Waals surface area contributed by atoms with Crippen LogP contribution in [0.3, 0.4) is 0 Å². The number of para-hydroxylation sites is 4. The Morgan fingerprint density at radius 1 is 0.282 bits per heavy atom. The Morgan fingerprint density at radius 3 is 1.03 bits per heavy atom. The Balaban J connectivity index is 1.02. The normalized spacial score (nSPS) is 12.5. The van der Waals surface area contributed by atoms with Gasteiger partial charge in [0, 0.05) is 65.6 Å². The highest BCUT2D eigenvalue weighted by atomic mass is 15.2. The predicted molar refractivity (Wildman–Crippen MR) is 333 cm³/mol. The van der Waals surface area contributed by atoms with Crippen molar-refractivity contribution in [3.63, 3.8) is 0 Å². The molecule has 15 rings (SSSR count). The molecule has 0 spiro atoms. The lowest BCUT2D eigenvalue weighted by Gasteiger charge is -2.31. The van der Waals surface area contributed by atoms with Gasteiger partial charge in [-0.25, -0.2) is 0 Å². The number of rotatable bonds is 8. The zero-order valence-electron chi connectivity index (χ0n) is 44.9. The summed E-state index contributed by atoms with van der Waals surface area (Å²) in [6.45, 7) is 13.9. The average molecular weight is 1000 g/mol. The van der Waals surface area contributed by atoms with Crippen LogP contribution in [0.4, 0.5) is 34.1 Å². The van der Waals surface area contributed by atoms with Crippen LogP contribution in [-0.4, -0.2) is 8.80 Å². The molecule has 4 heteroatoms. The highest BCUT2D eigenvalue weighted by Gasteiger charge is 2.30. The second kappa shape index (κ2) is 17.1. The molecule has 0 bridgehead atoms. The number of fused-ring (bicyclic) bond motifs is 12. The first-order valence-corrected chi connectivity index (χ1v) is 27.4. The first-order valence-electron chi connectivity index (χ1n) is 27.4. The summed E-state index contributed by atoms with van der Waals surface area (Å²) in [5.74, 6) is 0. The van der Waals surface area contributed by atoms with Gasteiger partial charge in [0.15, 0.2) is 0 Å². The Morgan fingerprint density at radius 2 is 0.641 bits per heavy atom. The maximum Gasteiger partial charge on any atom is 0.0641 e. The molecule has 11 aromatic carbocycles. The van der Waals surface area contributed by atoms with Gasteiger partial charge in [-0.3, -0.25) is 0 Å². The molecule has 0 atom stereocenters. The third kappa shape index (κ3) is 6.85. The molecule has 0 aliphatic heterocycles. The molecule has 0 saturated heterocycles. The lowest BCUT2D eigenvalue weighted by atomic mass is 9.85. The standard InChI is InChI=1S/C74H58N4/c1-73(2,3)49-35-37-53(47-23-11-7-12-24-47)65(43-49)75(51-27-15-9-16-28-51)63-41-39-55-59-45-68-60(46-67(59)77-61-33-21-19-31-57(61)69(63)71(55)77)56-40-42-64(70-58-32-20-22-34-62(58)78(68)72(56)70)76(52-29-17-10-18-30-52)66-44-50(74(4,5)6)36-38-54(66)48-25-13-8-14-26-48/h7-46H,1-6H3. The molecule has 0 fully saturated rings. The zero-order valence-corrected chi connectivity index (χ0v) is 44.9. The van der Waals surface area contributed by atoms with Crippen molar-refractivity contribution in [1.29, 1.82) is 0 Å². The van der Waals surface area contributed by atoms with Gasteiger partial charge in [-0.15, -0.1) is 0 Å². The Labute approximate surface area is 454 Å². The topological polar surface area (TPSA) is 15.3 Å². The maximum absolute atomic E-state index is 2.56. The number of nitrogens with zero attached hydrogens (tertiary/aromatic N) is 4. The third-order valence-corrected chi connectivity index (χ3v) is 16.7. The van der Waals surface area contributed by atoms with Gasteiger partial charge < -0.3 is 18.6 Å². The minimum atomic E-state index is -0.0610. The molecule has 4 heterocycles. The fourth-order valence-corrected chi connectivity index (χ4v) is 12.9. The van der Waals surface area contributed by atoms with Gasteiger partial charge in [-0.2, -0.15) is 0 Å². The molecule has 15 aromatic rings. The number of benzene rings is 11. The molecule has 4 nitrogen and oxygen atoms in total. The summed E-state index contributed by atoms with van der Waals surface area (Å²) >= 11 is 0. The second-order valence-corrected chi connectivity index (χ2v) is 23.3. The lowest BCUT2D eigenvalue weighted by Crippen LogP contribution is -2.15. The van der Waals surface area contributed by atoms with E-state index in [0.717, 1.165) is 34.1 Å². The van der Waals surface area contributed by atoms with Gasteiger partial charge in [0.2, 0.25) is 0 Å². The summed E-state index contributed by atoms with van der Waals surface area (Å²) in [6.07, 6.45) is 0. The van der Waals surface area contributed by atoms with Gasteiger partial charge >= 0.3 is 0 Å². The maximum atomic E-state index is 2.56. The van der Waals surface area contributed by atoms with Crippen LogP contribution in [0.15, 0.2) is 243 Å². The van der Waals surface area contributed by atoms with Gasteiger partial charge in [-0.1, -0.05) is 211 Å². The first kappa shape index (κ1) is 46.0. The van der Waals surface area contributed by atoms with Crippen molar-refractivity contribution in [3.05, 3.63) is 254 Å². The van der Waals surface area contributed by atoms with E-state index in [0.29, 0.717) is 0 Å².